The Morgan fingerprint density at radius 1 is 0.490 bits per heavy atom. The van der Waals surface area contributed by atoms with Crippen molar-refractivity contribution in [1.29, 1.82) is 0 Å². The molecule has 10 aromatic rings. The van der Waals surface area contributed by atoms with E-state index in [-0.39, 0.29) is 0 Å². The Labute approximate surface area is 296 Å². The van der Waals surface area contributed by atoms with Gasteiger partial charge in [0, 0.05) is 60.1 Å². The van der Waals surface area contributed by atoms with Crippen LogP contribution in [-0.2, 0) is 5.60 Å². The molecule has 0 fully saturated rings. The second kappa shape index (κ2) is 9.73. The minimum atomic E-state index is -1.56. The summed E-state index contributed by atoms with van der Waals surface area (Å²) in [5.74, 6) is 0. The van der Waals surface area contributed by atoms with Gasteiger partial charge in [0.15, 0.2) is 0 Å². The molecule has 0 spiro atoms. The Bertz CT molecular complexity index is 2880. The third-order valence-corrected chi connectivity index (χ3v) is 11.5. The molecule has 0 bridgehead atoms. The molecule has 0 unspecified atom stereocenters. The van der Waals surface area contributed by atoms with E-state index in [2.05, 4.69) is 109 Å². The van der Waals surface area contributed by atoms with Gasteiger partial charge in [-0.3, -0.25) is 0 Å². The van der Waals surface area contributed by atoms with Gasteiger partial charge in [-0.2, -0.15) is 0 Å². The molecule has 0 atom stereocenters. The minimum Gasteiger partial charge on any atom is -0.455 e. The highest BCUT2D eigenvalue weighted by Gasteiger charge is 2.48. The van der Waals surface area contributed by atoms with Gasteiger partial charge in [-0.25, -0.2) is 0 Å². The molecule has 1 aliphatic carbocycles. The van der Waals surface area contributed by atoms with E-state index >= 15 is 0 Å². The number of fused-ring (bicyclic) bond motifs is 14. The zero-order valence-electron chi connectivity index (χ0n) is 25.7. The summed E-state index contributed by atoms with van der Waals surface area (Å²) in [7, 11) is 0. The monoisotopic (exact) mass is 759 g/mol. The molecule has 0 radical (unpaired) electrons. The van der Waals surface area contributed by atoms with Crippen molar-refractivity contribution in [3.05, 3.63) is 159 Å². The van der Waals surface area contributed by atoms with Crippen LogP contribution in [0.5, 0.6) is 0 Å². The van der Waals surface area contributed by atoms with Crippen molar-refractivity contribution < 1.29 is 13.9 Å². The lowest BCUT2D eigenvalue weighted by Gasteiger charge is -2.30. The standard InChI is InChI=1S/C43H23Br2NO3/c44-30-21-28-39(37-25-13-3-9-19-35(25)48-41(30)37)40-29(22-31(45)42-38(40)26-14-4-10-20-36(26)49-42)43(28,47)27-15-5-8-18-34(27)46-32-16-6-1-11-23(32)24-12-2-7-17-33(24)46/h1-22,47H. The van der Waals surface area contributed by atoms with Gasteiger partial charge >= 0.3 is 0 Å². The number of halogens is 2. The summed E-state index contributed by atoms with van der Waals surface area (Å²) in [5, 5.41) is 20.1. The highest BCUT2D eigenvalue weighted by molar-refractivity contribution is 9.11. The Morgan fingerprint density at radius 2 is 0.918 bits per heavy atom. The Hall–Kier alpha value is -5.14. The molecule has 0 aliphatic heterocycles. The van der Waals surface area contributed by atoms with Crippen molar-refractivity contribution in [2.75, 3.05) is 0 Å². The summed E-state index contributed by atoms with van der Waals surface area (Å²) in [5.41, 5.74) is 8.81. The highest BCUT2D eigenvalue weighted by Crippen LogP contribution is 2.60. The first-order chi connectivity index (χ1) is 24.0. The zero-order valence-corrected chi connectivity index (χ0v) is 28.8. The number of furan rings is 2. The van der Waals surface area contributed by atoms with E-state index in [9.17, 15) is 5.11 Å². The van der Waals surface area contributed by atoms with Gasteiger partial charge in [-0.1, -0.05) is 91.0 Å². The zero-order chi connectivity index (χ0) is 32.6. The summed E-state index contributed by atoms with van der Waals surface area (Å²) in [6.45, 7) is 0. The molecule has 4 nitrogen and oxygen atoms in total. The molecule has 0 amide bonds. The molecular weight excluding hydrogens is 738 g/mol. The van der Waals surface area contributed by atoms with E-state index in [1.807, 2.05) is 60.7 Å². The number of benzene rings is 7. The molecule has 6 heteroatoms. The van der Waals surface area contributed by atoms with Gasteiger partial charge < -0.3 is 18.5 Å². The maximum Gasteiger partial charge on any atom is 0.150 e. The van der Waals surface area contributed by atoms with E-state index in [0.29, 0.717) is 0 Å². The van der Waals surface area contributed by atoms with Crippen LogP contribution in [-0.4, -0.2) is 9.67 Å². The number of aliphatic hydroxyl groups is 1. The molecule has 0 saturated carbocycles. The number of rotatable bonds is 2. The third kappa shape index (κ3) is 3.46. The van der Waals surface area contributed by atoms with Crippen molar-refractivity contribution in [3.63, 3.8) is 0 Å². The molecule has 1 N–H and O–H groups in total. The topological polar surface area (TPSA) is 51.4 Å². The fourth-order valence-corrected chi connectivity index (χ4v) is 9.42. The first-order valence-corrected chi connectivity index (χ1v) is 17.7. The predicted octanol–water partition coefficient (Wildman–Crippen LogP) is 12.4. The number of hydrogen-bond acceptors (Lipinski definition) is 3. The van der Waals surface area contributed by atoms with E-state index in [0.717, 1.165) is 108 Å². The number of para-hydroxylation sites is 5. The summed E-state index contributed by atoms with van der Waals surface area (Å²) in [6, 6.07) is 45.5. The second-order valence-corrected chi connectivity index (χ2v) is 14.5. The molecule has 232 valence electrons. The first-order valence-electron chi connectivity index (χ1n) is 16.1. The van der Waals surface area contributed by atoms with Crippen LogP contribution in [0.4, 0.5) is 0 Å². The normalized spacial score (nSPS) is 13.8. The first kappa shape index (κ1) is 27.8. The average molecular weight is 761 g/mol. The molecule has 11 rings (SSSR count). The lowest BCUT2D eigenvalue weighted by Crippen LogP contribution is -2.28. The van der Waals surface area contributed by atoms with Crippen molar-refractivity contribution >= 4 is 97.5 Å². The van der Waals surface area contributed by atoms with Gasteiger partial charge in [0.1, 0.15) is 27.9 Å². The summed E-state index contributed by atoms with van der Waals surface area (Å²) < 4.78 is 16.9. The summed E-state index contributed by atoms with van der Waals surface area (Å²) in [6.07, 6.45) is 0. The van der Waals surface area contributed by atoms with Crippen molar-refractivity contribution in [1.82, 2.24) is 4.57 Å². The van der Waals surface area contributed by atoms with Crippen LogP contribution in [0, 0.1) is 0 Å². The lowest BCUT2D eigenvalue weighted by atomic mass is 9.82. The quantitative estimate of drug-likeness (QED) is 0.191. The Kier molecular flexibility index (Phi) is 5.51. The van der Waals surface area contributed by atoms with E-state index in [1.54, 1.807) is 0 Å². The minimum absolute atomic E-state index is 0.745. The van der Waals surface area contributed by atoms with Crippen molar-refractivity contribution in [2.45, 2.75) is 5.60 Å². The smallest absolute Gasteiger partial charge is 0.150 e. The van der Waals surface area contributed by atoms with Gasteiger partial charge in [0.25, 0.3) is 0 Å². The highest BCUT2D eigenvalue weighted by atomic mass is 79.9. The summed E-state index contributed by atoms with van der Waals surface area (Å²) in [4.78, 5) is 0. The van der Waals surface area contributed by atoms with Crippen LogP contribution in [0.1, 0.15) is 16.7 Å². The molecule has 3 heterocycles. The van der Waals surface area contributed by atoms with E-state index in [1.165, 1.54) is 0 Å². The van der Waals surface area contributed by atoms with E-state index < -0.39 is 5.60 Å². The Morgan fingerprint density at radius 3 is 1.45 bits per heavy atom. The molecule has 1 aliphatic rings. The van der Waals surface area contributed by atoms with Crippen LogP contribution in [0.15, 0.2) is 151 Å². The lowest BCUT2D eigenvalue weighted by molar-refractivity contribution is 0.130. The molecular formula is C43H23Br2NO3. The van der Waals surface area contributed by atoms with Crippen LogP contribution in [0.2, 0.25) is 0 Å². The van der Waals surface area contributed by atoms with Crippen molar-refractivity contribution in [3.8, 4) is 16.8 Å². The van der Waals surface area contributed by atoms with Gasteiger partial charge in [-0.05, 0) is 74.3 Å². The maximum absolute atomic E-state index is 13.9. The molecule has 49 heavy (non-hydrogen) atoms. The largest absolute Gasteiger partial charge is 0.455 e. The fourth-order valence-electron chi connectivity index (χ4n) is 8.40. The SMILES string of the molecule is OC1(c2ccccc2-n2c3ccccc3c3ccccc32)c2cc(Br)c3oc4ccccc4c3c2-c2c1cc(Br)c1oc3ccccc3c21. The van der Waals surface area contributed by atoms with E-state index in [4.69, 9.17) is 8.83 Å². The van der Waals surface area contributed by atoms with Crippen molar-refractivity contribution in [2.24, 2.45) is 0 Å². The van der Waals surface area contributed by atoms with Gasteiger partial charge in [-0.15, -0.1) is 0 Å². The fraction of sp³-hybridized carbons (Fsp3) is 0.0233. The van der Waals surface area contributed by atoms with Crippen LogP contribution >= 0.6 is 31.9 Å². The van der Waals surface area contributed by atoms with Crippen LogP contribution in [0.25, 0.3) is 82.5 Å². The number of aromatic nitrogens is 1. The third-order valence-electron chi connectivity index (χ3n) is 10.3. The number of hydrogen-bond donors (Lipinski definition) is 1. The second-order valence-electron chi connectivity index (χ2n) is 12.8. The molecule has 0 saturated heterocycles. The predicted molar refractivity (Wildman–Crippen MR) is 205 cm³/mol. The van der Waals surface area contributed by atoms with Gasteiger partial charge in [0.05, 0.1) is 25.7 Å². The van der Waals surface area contributed by atoms with Crippen LogP contribution < -0.4 is 0 Å². The number of nitrogens with zero attached hydrogens (tertiary/aromatic N) is 1. The molecule has 3 aromatic heterocycles. The van der Waals surface area contributed by atoms with Crippen LogP contribution in [0.3, 0.4) is 0 Å². The Balaban J connectivity index is 1.36. The van der Waals surface area contributed by atoms with Gasteiger partial charge in [0.2, 0.25) is 0 Å². The summed E-state index contributed by atoms with van der Waals surface area (Å²) >= 11 is 7.76. The molecule has 7 aromatic carbocycles. The maximum atomic E-state index is 13.9. The average Bonchev–Trinajstić information content (AvgIpc) is 3.87.